The fourth-order valence-corrected chi connectivity index (χ4v) is 1.77. The van der Waals surface area contributed by atoms with E-state index in [-0.39, 0.29) is 11.6 Å². The summed E-state index contributed by atoms with van der Waals surface area (Å²) in [7, 11) is -3.57. The Morgan fingerprint density at radius 3 is 2.61 bits per heavy atom. The Morgan fingerprint density at radius 1 is 1.39 bits per heavy atom. The molecule has 0 fully saturated rings. The van der Waals surface area contributed by atoms with Crippen LogP contribution in [0.5, 0.6) is 0 Å². The summed E-state index contributed by atoms with van der Waals surface area (Å²) >= 11 is 0. The maximum absolute atomic E-state index is 13.3. The highest BCUT2D eigenvalue weighted by atomic mass is 32.2. The van der Waals surface area contributed by atoms with Gasteiger partial charge in [-0.3, -0.25) is 9.52 Å². The molecule has 0 aliphatic carbocycles. The average molecular weight is 272 g/mol. The van der Waals surface area contributed by atoms with Crippen molar-refractivity contribution in [2.45, 2.75) is 6.92 Å². The number of hydrogen-bond acceptors (Lipinski definition) is 3. The largest absolute Gasteiger partial charge is 0.322 e. The summed E-state index contributed by atoms with van der Waals surface area (Å²) in [5.41, 5.74) is 0.0847. The molecule has 0 bridgehead atoms. The van der Waals surface area contributed by atoms with Gasteiger partial charge in [-0.1, -0.05) is 6.08 Å². The highest BCUT2D eigenvalue weighted by Gasteiger charge is 2.09. The highest BCUT2D eigenvalue weighted by molar-refractivity contribution is 7.92. The molecule has 0 aliphatic rings. The van der Waals surface area contributed by atoms with Gasteiger partial charge < -0.3 is 5.32 Å². The van der Waals surface area contributed by atoms with Crippen molar-refractivity contribution < 1.29 is 17.6 Å². The van der Waals surface area contributed by atoms with E-state index in [0.29, 0.717) is 5.69 Å². The summed E-state index contributed by atoms with van der Waals surface area (Å²) in [5.74, 6) is -1.10. The number of allylic oxidation sites excluding steroid dienone is 1. The summed E-state index contributed by atoms with van der Waals surface area (Å²) < 4.78 is 37.4. The van der Waals surface area contributed by atoms with Crippen molar-refractivity contribution in [3.63, 3.8) is 0 Å². The van der Waals surface area contributed by atoms with E-state index in [4.69, 9.17) is 0 Å². The van der Waals surface area contributed by atoms with Gasteiger partial charge in [0.1, 0.15) is 5.82 Å². The normalized spacial score (nSPS) is 11.5. The molecule has 1 rings (SSSR count). The van der Waals surface area contributed by atoms with Crippen LogP contribution in [0.1, 0.15) is 6.92 Å². The zero-order valence-corrected chi connectivity index (χ0v) is 10.7. The molecule has 7 heteroatoms. The fourth-order valence-electron chi connectivity index (χ4n) is 1.22. The molecular weight excluding hydrogens is 259 g/mol. The molecule has 5 nitrogen and oxygen atoms in total. The molecule has 98 valence electrons. The van der Waals surface area contributed by atoms with Crippen molar-refractivity contribution in [2.75, 3.05) is 16.3 Å². The van der Waals surface area contributed by atoms with Crippen LogP contribution in [0, 0.1) is 5.82 Å². The maximum atomic E-state index is 13.3. The molecule has 0 radical (unpaired) electrons. The quantitative estimate of drug-likeness (QED) is 0.819. The van der Waals surface area contributed by atoms with Crippen molar-refractivity contribution in [1.82, 2.24) is 0 Å². The van der Waals surface area contributed by atoms with Crippen LogP contribution in [0.15, 0.2) is 30.4 Å². The lowest BCUT2D eigenvalue weighted by Crippen LogP contribution is -2.12. The van der Waals surface area contributed by atoms with Gasteiger partial charge in [0.25, 0.3) is 0 Å². The Bertz CT molecular complexity index is 582. The monoisotopic (exact) mass is 272 g/mol. The van der Waals surface area contributed by atoms with Crippen LogP contribution in [0.4, 0.5) is 15.8 Å². The van der Waals surface area contributed by atoms with Crippen LogP contribution < -0.4 is 10.0 Å². The summed E-state index contributed by atoms with van der Waals surface area (Å²) in [6, 6.07) is 3.61. The third-order valence-corrected chi connectivity index (χ3v) is 2.44. The number of hydrogen-bond donors (Lipinski definition) is 2. The van der Waals surface area contributed by atoms with Crippen molar-refractivity contribution in [1.29, 1.82) is 0 Å². The molecule has 0 unspecified atom stereocenters. The van der Waals surface area contributed by atoms with Crippen LogP contribution in [0.25, 0.3) is 0 Å². The Balaban J connectivity index is 2.97. The Morgan fingerprint density at radius 2 is 2.06 bits per heavy atom. The van der Waals surface area contributed by atoms with E-state index < -0.39 is 15.8 Å². The molecule has 1 aromatic rings. The Labute approximate surface area is 105 Å². The minimum Gasteiger partial charge on any atom is -0.322 e. The maximum Gasteiger partial charge on any atom is 0.248 e. The Kier molecular flexibility index (Phi) is 4.43. The summed E-state index contributed by atoms with van der Waals surface area (Å²) in [6.45, 7) is 1.68. The van der Waals surface area contributed by atoms with E-state index in [1.54, 1.807) is 13.0 Å². The number of carbonyl (C=O) groups is 1. The smallest absolute Gasteiger partial charge is 0.248 e. The van der Waals surface area contributed by atoms with Crippen molar-refractivity contribution >= 4 is 27.3 Å². The van der Waals surface area contributed by atoms with Gasteiger partial charge in [0.05, 0.1) is 11.9 Å². The molecule has 0 heterocycles. The summed E-state index contributed by atoms with van der Waals surface area (Å²) in [5, 5.41) is 2.47. The molecule has 1 aromatic carbocycles. The molecule has 0 aromatic heterocycles. The number of benzene rings is 1. The second-order valence-corrected chi connectivity index (χ2v) is 5.31. The van der Waals surface area contributed by atoms with Crippen LogP contribution >= 0.6 is 0 Å². The van der Waals surface area contributed by atoms with Gasteiger partial charge in [0.2, 0.25) is 15.9 Å². The predicted octanol–water partition coefficient (Wildman–Crippen LogP) is 1.71. The third kappa shape index (κ3) is 4.54. The predicted molar refractivity (Wildman–Crippen MR) is 68.3 cm³/mol. The van der Waals surface area contributed by atoms with Crippen LogP contribution in [-0.2, 0) is 14.8 Å². The molecular formula is C11H13FN2O3S. The minimum atomic E-state index is -3.57. The lowest BCUT2D eigenvalue weighted by molar-refractivity contribution is -0.111. The molecule has 1 amide bonds. The van der Waals surface area contributed by atoms with E-state index in [1.807, 2.05) is 4.72 Å². The molecule has 0 spiro atoms. The zero-order valence-electron chi connectivity index (χ0n) is 9.90. The number of amides is 1. The first-order valence-electron chi connectivity index (χ1n) is 5.03. The van der Waals surface area contributed by atoms with E-state index in [2.05, 4.69) is 5.32 Å². The standard InChI is InChI=1S/C11H13FN2O3S/c1-3-4-11(15)13-8-5-6-9(12)10(7-8)14-18(2,16)17/h3-7,14H,1-2H3,(H,13,15). The van der Waals surface area contributed by atoms with Gasteiger partial charge in [-0.05, 0) is 31.2 Å². The topological polar surface area (TPSA) is 75.3 Å². The zero-order chi connectivity index (χ0) is 13.8. The molecule has 0 saturated heterocycles. The molecule has 0 saturated carbocycles. The second-order valence-electron chi connectivity index (χ2n) is 3.56. The van der Waals surface area contributed by atoms with Gasteiger partial charge >= 0.3 is 0 Å². The first-order valence-corrected chi connectivity index (χ1v) is 6.92. The third-order valence-electron chi connectivity index (χ3n) is 1.85. The van der Waals surface area contributed by atoms with E-state index >= 15 is 0 Å². The number of nitrogens with one attached hydrogen (secondary N) is 2. The number of carbonyl (C=O) groups excluding carboxylic acids is 1. The van der Waals surface area contributed by atoms with E-state index in [9.17, 15) is 17.6 Å². The highest BCUT2D eigenvalue weighted by Crippen LogP contribution is 2.20. The number of sulfonamides is 1. The first-order chi connectivity index (χ1) is 8.31. The number of anilines is 2. The van der Waals surface area contributed by atoms with E-state index in [0.717, 1.165) is 12.3 Å². The van der Waals surface area contributed by atoms with Gasteiger partial charge in [0.15, 0.2) is 0 Å². The average Bonchev–Trinajstić information content (AvgIpc) is 2.21. The lowest BCUT2D eigenvalue weighted by Gasteiger charge is -2.08. The summed E-state index contributed by atoms with van der Waals surface area (Å²) in [6.07, 6.45) is 3.76. The summed E-state index contributed by atoms with van der Waals surface area (Å²) in [4.78, 5) is 11.3. The Hall–Kier alpha value is -1.89. The van der Waals surface area contributed by atoms with Crippen molar-refractivity contribution in [3.05, 3.63) is 36.2 Å². The number of halogens is 1. The molecule has 2 N–H and O–H groups in total. The molecule has 18 heavy (non-hydrogen) atoms. The van der Waals surface area contributed by atoms with Crippen LogP contribution in [0.2, 0.25) is 0 Å². The first kappa shape index (κ1) is 14.2. The lowest BCUT2D eigenvalue weighted by atomic mass is 10.2. The van der Waals surface area contributed by atoms with Crippen LogP contribution in [0.3, 0.4) is 0 Å². The van der Waals surface area contributed by atoms with Crippen molar-refractivity contribution in [2.24, 2.45) is 0 Å². The second kappa shape index (κ2) is 5.63. The van der Waals surface area contributed by atoms with Crippen LogP contribution in [-0.4, -0.2) is 20.6 Å². The van der Waals surface area contributed by atoms with Gasteiger partial charge in [-0.25, -0.2) is 12.8 Å². The van der Waals surface area contributed by atoms with Crippen molar-refractivity contribution in [3.8, 4) is 0 Å². The fraction of sp³-hybridized carbons (Fsp3) is 0.182. The molecule has 0 atom stereocenters. The van der Waals surface area contributed by atoms with Gasteiger partial charge in [0, 0.05) is 5.69 Å². The minimum absolute atomic E-state index is 0.212. The number of rotatable bonds is 4. The van der Waals surface area contributed by atoms with Gasteiger partial charge in [-0.2, -0.15) is 0 Å². The van der Waals surface area contributed by atoms with Gasteiger partial charge in [-0.15, -0.1) is 0 Å². The SMILES string of the molecule is CC=CC(=O)Nc1ccc(F)c(NS(C)(=O)=O)c1. The van der Waals surface area contributed by atoms with E-state index in [1.165, 1.54) is 18.2 Å². The molecule has 0 aliphatic heterocycles.